The van der Waals surface area contributed by atoms with Crippen LogP contribution in [0, 0.1) is 0 Å². The maximum absolute atomic E-state index is 12.8. The zero-order valence-electron chi connectivity index (χ0n) is 21.6. The van der Waals surface area contributed by atoms with Crippen LogP contribution in [0.3, 0.4) is 0 Å². The molecule has 8 heteroatoms. The Morgan fingerprint density at radius 3 is 2.35 bits per heavy atom. The Labute approximate surface area is 218 Å². The average Bonchev–Trinajstić information content (AvgIpc) is 2.84. The van der Waals surface area contributed by atoms with Crippen molar-refractivity contribution in [3.8, 4) is 5.75 Å². The van der Waals surface area contributed by atoms with E-state index in [9.17, 15) is 19.8 Å². The number of nitrogens with one attached hydrogen (secondary N) is 2. The van der Waals surface area contributed by atoms with Gasteiger partial charge in [-0.05, 0) is 54.7 Å². The standard InChI is InChI=1S/C29H36N4O4/c1-29(2,31-18-26(35)23-12-13-25(34)24(16-23)32-28(30)37)17-22-11-7-10-21(14-22)15-27(36)33(3)19-20-8-5-4-6-9-20/h4-14,16,26,31,34-35H,15,17-19H2,1-3H3,(H3,30,32,37). The number of hydrogen-bond acceptors (Lipinski definition) is 5. The fourth-order valence-electron chi connectivity index (χ4n) is 4.16. The molecule has 0 saturated heterocycles. The predicted molar refractivity (Wildman–Crippen MR) is 145 cm³/mol. The van der Waals surface area contributed by atoms with E-state index in [1.807, 2.05) is 69.4 Å². The highest BCUT2D eigenvalue weighted by atomic mass is 16.3. The third-order valence-electron chi connectivity index (χ3n) is 6.12. The van der Waals surface area contributed by atoms with Crippen molar-refractivity contribution in [3.63, 3.8) is 0 Å². The molecule has 0 bridgehead atoms. The number of carbonyl (C=O) groups is 2. The molecule has 0 fully saturated rings. The number of rotatable bonds is 11. The van der Waals surface area contributed by atoms with Gasteiger partial charge in [0, 0.05) is 25.7 Å². The Morgan fingerprint density at radius 1 is 0.973 bits per heavy atom. The molecule has 3 aromatic carbocycles. The summed E-state index contributed by atoms with van der Waals surface area (Å²) in [5.41, 5.74) is 8.59. The van der Waals surface area contributed by atoms with E-state index in [2.05, 4.69) is 16.7 Å². The van der Waals surface area contributed by atoms with E-state index in [-0.39, 0.29) is 29.4 Å². The molecule has 0 aromatic heterocycles. The summed E-state index contributed by atoms with van der Waals surface area (Å²) < 4.78 is 0. The first-order chi connectivity index (χ1) is 17.5. The Hall–Kier alpha value is -3.88. The van der Waals surface area contributed by atoms with Gasteiger partial charge in [0.2, 0.25) is 5.91 Å². The van der Waals surface area contributed by atoms with Crippen molar-refractivity contribution in [1.82, 2.24) is 10.2 Å². The second kappa shape index (κ2) is 12.4. The quantitative estimate of drug-likeness (QED) is 0.254. The minimum absolute atomic E-state index is 0.0561. The third kappa shape index (κ3) is 8.63. The second-order valence-electron chi connectivity index (χ2n) is 9.96. The average molecular weight is 505 g/mol. The summed E-state index contributed by atoms with van der Waals surface area (Å²) >= 11 is 0. The lowest BCUT2D eigenvalue weighted by Gasteiger charge is -2.28. The second-order valence-corrected chi connectivity index (χ2v) is 9.96. The molecular weight excluding hydrogens is 468 g/mol. The summed E-state index contributed by atoms with van der Waals surface area (Å²) in [5.74, 6) is -0.0757. The summed E-state index contributed by atoms with van der Waals surface area (Å²) in [5, 5.41) is 26.3. The Morgan fingerprint density at radius 2 is 1.65 bits per heavy atom. The van der Waals surface area contributed by atoms with Crippen LogP contribution in [-0.4, -0.2) is 46.2 Å². The van der Waals surface area contributed by atoms with Crippen LogP contribution in [0.2, 0.25) is 0 Å². The number of amides is 3. The smallest absolute Gasteiger partial charge is 0.316 e. The summed E-state index contributed by atoms with van der Waals surface area (Å²) in [6.45, 7) is 4.92. The van der Waals surface area contributed by atoms with Gasteiger partial charge in [0.25, 0.3) is 0 Å². The zero-order valence-corrected chi connectivity index (χ0v) is 21.6. The van der Waals surface area contributed by atoms with E-state index in [1.165, 1.54) is 12.1 Å². The third-order valence-corrected chi connectivity index (χ3v) is 6.12. The molecule has 1 unspecified atom stereocenters. The number of primary amides is 1. The van der Waals surface area contributed by atoms with E-state index in [0.29, 0.717) is 24.9 Å². The molecule has 196 valence electrons. The summed E-state index contributed by atoms with van der Waals surface area (Å²) in [7, 11) is 1.82. The number of carbonyl (C=O) groups excluding carboxylic acids is 2. The highest BCUT2D eigenvalue weighted by Gasteiger charge is 2.21. The topological polar surface area (TPSA) is 128 Å². The number of β-amino-alcohol motifs (C(OH)–C–C–N with tert-alkyl or cyclic N) is 1. The number of phenols is 1. The zero-order chi connectivity index (χ0) is 27.0. The summed E-state index contributed by atoms with van der Waals surface area (Å²) in [6, 6.07) is 21.6. The number of urea groups is 1. The molecule has 0 aliphatic rings. The van der Waals surface area contributed by atoms with Gasteiger partial charge in [-0.15, -0.1) is 0 Å². The van der Waals surface area contributed by atoms with Crippen molar-refractivity contribution in [3.05, 3.63) is 95.1 Å². The molecule has 3 aromatic rings. The van der Waals surface area contributed by atoms with Crippen LogP contribution in [0.25, 0.3) is 0 Å². The van der Waals surface area contributed by atoms with E-state index >= 15 is 0 Å². The van der Waals surface area contributed by atoms with Crippen LogP contribution in [0.15, 0.2) is 72.8 Å². The van der Waals surface area contributed by atoms with Crippen LogP contribution in [0.4, 0.5) is 10.5 Å². The number of aromatic hydroxyl groups is 1. The molecule has 6 N–H and O–H groups in total. The van der Waals surface area contributed by atoms with Gasteiger partial charge in [0.15, 0.2) is 0 Å². The molecule has 8 nitrogen and oxygen atoms in total. The van der Waals surface area contributed by atoms with Crippen molar-refractivity contribution in [2.75, 3.05) is 18.9 Å². The molecule has 0 aliphatic heterocycles. The Balaban J connectivity index is 1.56. The molecular formula is C29H36N4O4. The number of anilines is 1. The molecule has 3 rings (SSSR count). The number of hydrogen-bond donors (Lipinski definition) is 5. The van der Waals surface area contributed by atoms with Gasteiger partial charge in [0.05, 0.1) is 18.2 Å². The van der Waals surface area contributed by atoms with Gasteiger partial charge in [-0.1, -0.05) is 60.7 Å². The molecule has 0 aliphatic carbocycles. The van der Waals surface area contributed by atoms with Crippen LogP contribution in [-0.2, 0) is 24.2 Å². The van der Waals surface area contributed by atoms with Gasteiger partial charge in [-0.25, -0.2) is 4.79 Å². The van der Waals surface area contributed by atoms with Crippen molar-refractivity contribution in [1.29, 1.82) is 0 Å². The summed E-state index contributed by atoms with van der Waals surface area (Å²) in [6.07, 6.45) is 0.148. The van der Waals surface area contributed by atoms with Gasteiger partial charge in [-0.2, -0.15) is 0 Å². The van der Waals surface area contributed by atoms with Gasteiger partial charge < -0.3 is 31.5 Å². The molecule has 37 heavy (non-hydrogen) atoms. The van der Waals surface area contributed by atoms with E-state index < -0.39 is 12.1 Å². The lowest BCUT2D eigenvalue weighted by molar-refractivity contribution is -0.129. The van der Waals surface area contributed by atoms with Crippen molar-refractivity contribution >= 4 is 17.6 Å². The Bertz CT molecular complexity index is 1210. The lowest BCUT2D eigenvalue weighted by Crippen LogP contribution is -2.43. The van der Waals surface area contributed by atoms with Crippen molar-refractivity contribution in [2.24, 2.45) is 5.73 Å². The molecule has 0 saturated carbocycles. The number of likely N-dealkylation sites (N-methyl/N-ethyl adjacent to an activating group) is 1. The van der Waals surface area contributed by atoms with Gasteiger partial charge in [-0.3, -0.25) is 4.79 Å². The minimum Gasteiger partial charge on any atom is -0.506 e. The number of nitrogens with zero attached hydrogens (tertiary/aromatic N) is 1. The maximum Gasteiger partial charge on any atom is 0.316 e. The van der Waals surface area contributed by atoms with Crippen LogP contribution in [0.1, 0.15) is 42.2 Å². The van der Waals surface area contributed by atoms with Crippen LogP contribution in [0.5, 0.6) is 5.75 Å². The van der Waals surface area contributed by atoms with Gasteiger partial charge >= 0.3 is 6.03 Å². The van der Waals surface area contributed by atoms with Crippen molar-refractivity contribution in [2.45, 2.75) is 44.9 Å². The molecule has 1 atom stereocenters. The lowest BCUT2D eigenvalue weighted by atomic mass is 9.93. The number of aliphatic hydroxyl groups excluding tert-OH is 1. The first-order valence-electron chi connectivity index (χ1n) is 12.2. The molecule has 0 radical (unpaired) electrons. The number of aliphatic hydroxyl groups is 1. The van der Waals surface area contributed by atoms with Crippen molar-refractivity contribution < 1.29 is 19.8 Å². The first kappa shape index (κ1) is 27.7. The fraction of sp³-hybridized carbons (Fsp3) is 0.310. The van der Waals surface area contributed by atoms with E-state index in [4.69, 9.17) is 5.73 Å². The molecule has 3 amide bonds. The largest absolute Gasteiger partial charge is 0.506 e. The molecule has 0 heterocycles. The predicted octanol–water partition coefficient (Wildman–Crippen LogP) is 3.73. The minimum atomic E-state index is -0.864. The SMILES string of the molecule is CN(Cc1ccccc1)C(=O)Cc1cccc(CC(C)(C)NCC(O)c2ccc(O)c(NC(N)=O)c2)c1. The van der Waals surface area contributed by atoms with E-state index in [0.717, 1.165) is 16.7 Å². The first-order valence-corrected chi connectivity index (χ1v) is 12.2. The number of phenolic OH excluding ortho intramolecular Hbond substituents is 1. The van der Waals surface area contributed by atoms with Crippen LogP contribution >= 0.6 is 0 Å². The van der Waals surface area contributed by atoms with E-state index in [1.54, 1.807) is 11.0 Å². The number of benzene rings is 3. The van der Waals surface area contributed by atoms with Gasteiger partial charge in [0.1, 0.15) is 5.75 Å². The maximum atomic E-state index is 12.8. The van der Waals surface area contributed by atoms with Crippen LogP contribution < -0.4 is 16.4 Å². The normalized spacial score (nSPS) is 12.1. The Kier molecular flexibility index (Phi) is 9.27. The summed E-state index contributed by atoms with van der Waals surface area (Å²) in [4.78, 5) is 25.6. The highest BCUT2D eigenvalue weighted by molar-refractivity contribution is 5.89. The monoisotopic (exact) mass is 504 g/mol. The molecule has 0 spiro atoms. The fourth-order valence-corrected chi connectivity index (χ4v) is 4.16. The highest BCUT2D eigenvalue weighted by Crippen LogP contribution is 2.27. The number of nitrogens with two attached hydrogens (primary N) is 1.